The van der Waals surface area contributed by atoms with E-state index in [0.29, 0.717) is 13.1 Å². The quantitative estimate of drug-likeness (QED) is 0.785. The van der Waals surface area contributed by atoms with Crippen molar-refractivity contribution < 1.29 is 4.39 Å². The fourth-order valence-electron chi connectivity index (χ4n) is 2.07. The van der Waals surface area contributed by atoms with Crippen molar-refractivity contribution in [2.45, 2.75) is 39.8 Å². The van der Waals surface area contributed by atoms with Gasteiger partial charge in [-0.3, -0.25) is 0 Å². The van der Waals surface area contributed by atoms with Gasteiger partial charge in [0.05, 0.1) is 6.54 Å². The molecule has 20 heavy (non-hydrogen) atoms. The summed E-state index contributed by atoms with van der Waals surface area (Å²) in [6.45, 7) is 6.35. The van der Waals surface area contributed by atoms with Gasteiger partial charge in [-0.25, -0.2) is 9.07 Å². The molecule has 0 fully saturated rings. The Balaban J connectivity index is 1.95. The fraction of sp³-hybridized carbons (Fsp3) is 0.500. The van der Waals surface area contributed by atoms with E-state index in [1.807, 2.05) is 13.0 Å². The molecule has 1 heterocycles. The molecule has 0 spiro atoms. The zero-order chi connectivity index (χ0) is 14.4. The van der Waals surface area contributed by atoms with E-state index in [9.17, 15) is 4.39 Å². The van der Waals surface area contributed by atoms with E-state index >= 15 is 0 Å². The predicted octanol–water partition coefficient (Wildman–Crippen LogP) is 1.86. The summed E-state index contributed by atoms with van der Waals surface area (Å²) in [6.07, 6.45) is 1.87. The topological polar surface area (TPSA) is 55.6 Å². The Morgan fingerprint density at radius 1 is 1.35 bits per heavy atom. The van der Waals surface area contributed by atoms with Crippen LogP contribution in [0.4, 0.5) is 4.39 Å². The normalized spacial score (nSPS) is 10.9. The van der Waals surface area contributed by atoms with Crippen LogP contribution in [0.25, 0.3) is 0 Å². The lowest BCUT2D eigenvalue weighted by Gasteiger charge is -2.08. The molecule has 0 amide bonds. The van der Waals surface area contributed by atoms with Crippen LogP contribution in [-0.4, -0.2) is 26.8 Å². The van der Waals surface area contributed by atoms with Gasteiger partial charge < -0.3 is 5.32 Å². The molecule has 1 aromatic heterocycles. The van der Waals surface area contributed by atoms with Crippen LogP contribution < -0.4 is 5.32 Å². The van der Waals surface area contributed by atoms with Gasteiger partial charge in [-0.1, -0.05) is 13.0 Å². The van der Waals surface area contributed by atoms with Crippen LogP contribution in [0, 0.1) is 12.7 Å². The Morgan fingerprint density at radius 2 is 2.20 bits per heavy atom. The first-order chi connectivity index (χ1) is 9.70. The number of halogens is 1. The summed E-state index contributed by atoms with van der Waals surface area (Å²) < 4.78 is 14.8. The number of aryl methyl sites for hydroxylation is 3. The SMILES string of the molecule is CCCNCc1nnnn1CCc1ccc(F)cc1C. The third kappa shape index (κ3) is 3.84. The summed E-state index contributed by atoms with van der Waals surface area (Å²) in [4.78, 5) is 0. The maximum absolute atomic E-state index is 13.1. The molecule has 2 aromatic rings. The number of aromatic nitrogens is 4. The monoisotopic (exact) mass is 277 g/mol. The molecule has 0 radical (unpaired) electrons. The van der Waals surface area contributed by atoms with E-state index in [-0.39, 0.29) is 5.82 Å². The van der Waals surface area contributed by atoms with Gasteiger partial charge in [0.25, 0.3) is 0 Å². The van der Waals surface area contributed by atoms with E-state index in [0.717, 1.165) is 36.3 Å². The number of hydrogen-bond acceptors (Lipinski definition) is 4. The molecule has 5 nitrogen and oxygen atoms in total. The highest BCUT2D eigenvalue weighted by Crippen LogP contribution is 2.11. The molecular weight excluding hydrogens is 257 g/mol. The van der Waals surface area contributed by atoms with Gasteiger partial charge in [0.15, 0.2) is 5.82 Å². The molecular formula is C14H20FN5. The first-order valence-corrected chi connectivity index (χ1v) is 6.91. The lowest BCUT2D eigenvalue weighted by molar-refractivity contribution is 0.539. The van der Waals surface area contributed by atoms with Crippen molar-refractivity contribution in [3.8, 4) is 0 Å². The summed E-state index contributed by atoms with van der Waals surface area (Å²) in [5, 5.41) is 15.0. The van der Waals surface area contributed by atoms with E-state index in [1.165, 1.54) is 6.07 Å². The zero-order valence-corrected chi connectivity index (χ0v) is 11.9. The Labute approximate surface area is 118 Å². The van der Waals surface area contributed by atoms with Crippen molar-refractivity contribution in [2.75, 3.05) is 6.54 Å². The Hall–Kier alpha value is -1.82. The molecule has 2 rings (SSSR count). The highest BCUT2D eigenvalue weighted by atomic mass is 19.1. The maximum Gasteiger partial charge on any atom is 0.165 e. The minimum absolute atomic E-state index is 0.196. The molecule has 0 unspecified atom stereocenters. The Kier molecular flexibility index (Phi) is 5.17. The minimum atomic E-state index is -0.196. The van der Waals surface area contributed by atoms with Crippen LogP contribution in [0.1, 0.15) is 30.3 Å². The summed E-state index contributed by atoms with van der Waals surface area (Å²) in [5.41, 5.74) is 2.08. The number of tetrazole rings is 1. The largest absolute Gasteiger partial charge is 0.310 e. The molecule has 0 bridgehead atoms. The van der Waals surface area contributed by atoms with E-state index < -0.39 is 0 Å². The molecule has 0 aliphatic carbocycles. The maximum atomic E-state index is 13.1. The van der Waals surface area contributed by atoms with Crippen LogP contribution >= 0.6 is 0 Å². The molecule has 0 saturated heterocycles. The fourth-order valence-corrected chi connectivity index (χ4v) is 2.07. The zero-order valence-electron chi connectivity index (χ0n) is 11.9. The lowest BCUT2D eigenvalue weighted by atomic mass is 10.1. The van der Waals surface area contributed by atoms with Crippen LogP contribution in [0.15, 0.2) is 18.2 Å². The second-order valence-corrected chi connectivity index (χ2v) is 4.82. The number of hydrogen-bond donors (Lipinski definition) is 1. The first kappa shape index (κ1) is 14.6. The van der Waals surface area contributed by atoms with Crippen molar-refractivity contribution >= 4 is 0 Å². The lowest BCUT2D eigenvalue weighted by Crippen LogP contribution is -2.19. The molecule has 1 N–H and O–H groups in total. The van der Waals surface area contributed by atoms with E-state index in [2.05, 4.69) is 27.8 Å². The van der Waals surface area contributed by atoms with E-state index in [4.69, 9.17) is 0 Å². The second kappa shape index (κ2) is 7.09. The molecule has 108 valence electrons. The van der Waals surface area contributed by atoms with Gasteiger partial charge >= 0.3 is 0 Å². The summed E-state index contributed by atoms with van der Waals surface area (Å²) in [5.74, 6) is 0.636. The van der Waals surface area contributed by atoms with Crippen LogP contribution in [0.5, 0.6) is 0 Å². The average molecular weight is 277 g/mol. The van der Waals surface area contributed by atoms with Crippen LogP contribution in [-0.2, 0) is 19.5 Å². The van der Waals surface area contributed by atoms with Gasteiger partial charge in [-0.15, -0.1) is 5.10 Å². The summed E-state index contributed by atoms with van der Waals surface area (Å²) in [7, 11) is 0. The number of rotatable bonds is 7. The average Bonchev–Trinajstić information content (AvgIpc) is 2.86. The van der Waals surface area contributed by atoms with Crippen molar-refractivity contribution in [2.24, 2.45) is 0 Å². The van der Waals surface area contributed by atoms with Crippen molar-refractivity contribution in [1.82, 2.24) is 25.5 Å². The van der Waals surface area contributed by atoms with Crippen molar-refractivity contribution in [3.63, 3.8) is 0 Å². The third-order valence-electron chi connectivity index (χ3n) is 3.21. The number of nitrogens with zero attached hydrogens (tertiary/aromatic N) is 4. The molecule has 0 aliphatic rings. The molecule has 6 heteroatoms. The summed E-state index contributed by atoms with van der Waals surface area (Å²) in [6, 6.07) is 4.87. The molecule has 0 atom stereocenters. The predicted molar refractivity (Wildman–Crippen MR) is 74.7 cm³/mol. The van der Waals surface area contributed by atoms with Crippen molar-refractivity contribution in [3.05, 3.63) is 41.0 Å². The Bertz CT molecular complexity index is 552. The summed E-state index contributed by atoms with van der Waals surface area (Å²) >= 11 is 0. The van der Waals surface area contributed by atoms with Crippen LogP contribution in [0.3, 0.4) is 0 Å². The van der Waals surface area contributed by atoms with Crippen molar-refractivity contribution in [1.29, 1.82) is 0 Å². The van der Waals surface area contributed by atoms with Gasteiger partial charge in [0.2, 0.25) is 0 Å². The van der Waals surface area contributed by atoms with Gasteiger partial charge in [-0.2, -0.15) is 0 Å². The molecule has 0 aliphatic heterocycles. The number of nitrogens with one attached hydrogen (secondary N) is 1. The highest BCUT2D eigenvalue weighted by Gasteiger charge is 2.07. The third-order valence-corrected chi connectivity index (χ3v) is 3.21. The minimum Gasteiger partial charge on any atom is -0.310 e. The molecule has 1 aromatic carbocycles. The second-order valence-electron chi connectivity index (χ2n) is 4.82. The number of benzene rings is 1. The van der Waals surface area contributed by atoms with Gasteiger partial charge in [0, 0.05) is 6.54 Å². The first-order valence-electron chi connectivity index (χ1n) is 6.91. The van der Waals surface area contributed by atoms with E-state index in [1.54, 1.807) is 10.7 Å². The van der Waals surface area contributed by atoms with Gasteiger partial charge in [0.1, 0.15) is 5.82 Å². The Morgan fingerprint density at radius 3 is 2.95 bits per heavy atom. The van der Waals surface area contributed by atoms with Gasteiger partial charge in [-0.05, 0) is 60.0 Å². The molecule has 0 saturated carbocycles. The smallest absolute Gasteiger partial charge is 0.165 e. The standard InChI is InChI=1S/C14H20FN5/c1-3-7-16-10-14-17-18-19-20(14)8-6-12-4-5-13(15)9-11(12)2/h4-5,9,16H,3,6-8,10H2,1-2H3. The van der Waals surface area contributed by atoms with Crippen LogP contribution in [0.2, 0.25) is 0 Å². The highest BCUT2D eigenvalue weighted by molar-refractivity contribution is 5.26.